The first kappa shape index (κ1) is 23.5. The molecule has 0 amide bonds. The van der Waals surface area contributed by atoms with Crippen LogP contribution in [0.5, 0.6) is 0 Å². The van der Waals surface area contributed by atoms with Gasteiger partial charge in [-0.25, -0.2) is 4.99 Å². The zero-order chi connectivity index (χ0) is 22.8. The number of aliphatic hydroxyl groups is 1. The lowest BCUT2D eigenvalue weighted by molar-refractivity contribution is 0.0616. The molecule has 0 radical (unpaired) electrons. The number of nitrogens with zero attached hydrogens (tertiary/aromatic N) is 3. The largest absolute Gasteiger partial charge is 0.383 e. The van der Waals surface area contributed by atoms with Crippen molar-refractivity contribution in [3.8, 4) is 0 Å². The average Bonchev–Trinajstić information content (AvgIpc) is 3.24. The predicted octanol–water partition coefficient (Wildman–Crippen LogP) is 3.10. The van der Waals surface area contributed by atoms with Crippen molar-refractivity contribution in [1.82, 2.24) is 20.4 Å². The van der Waals surface area contributed by atoms with E-state index in [1.165, 1.54) is 0 Å². The SMILES string of the molecule is CCNC(=NCc1cccc(COCc2ccccc2)c1)NCC(C)(O)c1cnn(C)c1. The Labute approximate surface area is 190 Å². The van der Waals surface area contributed by atoms with E-state index in [0.29, 0.717) is 32.3 Å². The minimum absolute atomic E-state index is 0.317. The summed E-state index contributed by atoms with van der Waals surface area (Å²) in [5, 5.41) is 21.4. The number of benzene rings is 2. The minimum atomic E-state index is -1.06. The Morgan fingerprint density at radius 3 is 2.50 bits per heavy atom. The highest BCUT2D eigenvalue weighted by Gasteiger charge is 2.24. The zero-order valence-corrected chi connectivity index (χ0v) is 19.1. The summed E-state index contributed by atoms with van der Waals surface area (Å²) < 4.78 is 7.53. The molecule has 0 aliphatic carbocycles. The summed E-state index contributed by atoms with van der Waals surface area (Å²) in [4.78, 5) is 4.68. The van der Waals surface area contributed by atoms with E-state index < -0.39 is 5.60 Å². The van der Waals surface area contributed by atoms with Gasteiger partial charge < -0.3 is 20.5 Å². The van der Waals surface area contributed by atoms with Crippen molar-refractivity contribution in [3.63, 3.8) is 0 Å². The number of rotatable bonds is 10. The highest BCUT2D eigenvalue weighted by molar-refractivity contribution is 5.79. The average molecular weight is 436 g/mol. The van der Waals surface area contributed by atoms with Gasteiger partial charge in [-0.2, -0.15) is 5.10 Å². The van der Waals surface area contributed by atoms with Crippen LogP contribution in [-0.4, -0.2) is 33.9 Å². The molecule has 7 nitrogen and oxygen atoms in total. The summed E-state index contributed by atoms with van der Waals surface area (Å²) in [6.45, 7) is 6.50. The molecule has 2 aromatic carbocycles. The topological polar surface area (TPSA) is 83.7 Å². The van der Waals surface area contributed by atoms with Gasteiger partial charge in [-0.15, -0.1) is 0 Å². The number of nitrogens with one attached hydrogen (secondary N) is 2. The van der Waals surface area contributed by atoms with Crippen molar-refractivity contribution >= 4 is 5.96 Å². The molecule has 3 rings (SSSR count). The number of aliphatic imine (C=N–C) groups is 1. The highest BCUT2D eigenvalue weighted by atomic mass is 16.5. The Bertz CT molecular complexity index is 998. The van der Waals surface area contributed by atoms with E-state index >= 15 is 0 Å². The Morgan fingerprint density at radius 2 is 1.78 bits per heavy atom. The number of hydrogen-bond acceptors (Lipinski definition) is 4. The smallest absolute Gasteiger partial charge is 0.191 e. The lowest BCUT2D eigenvalue weighted by Crippen LogP contribution is -2.44. The summed E-state index contributed by atoms with van der Waals surface area (Å²) in [5.41, 5.74) is 3.08. The van der Waals surface area contributed by atoms with Crippen molar-refractivity contribution in [2.24, 2.45) is 12.0 Å². The van der Waals surface area contributed by atoms with E-state index in [-0.39, 0.29) is 0 Å². The molecule has 0 aliphatic heterocycles. The molecule has 1 unspecified atom stereocenters. The van der Waals surface area contributed by atoms with Gasteiger partial charge >= 0.3 is 0 Å². The lowest BCUT2D eigenvalue weighted by atomic mass is 10.00. The van der Waals surface area contributed by atoms with Gasteiger partial charge in [-0.1, -0.05) is 54.6 Å². The fourth-order valence-electron chi connectivity index (χ4n) is 3.25. The number of hydrogen-bond donors (Lipinski definition) is 3. The van der Waals surface area contributed by atoms with E-state index in [2.05, 4.69) is 51.1 Å². The molecule has 1 atom stereocenters. The first-order valence-corrected chi connectivity index (χ1v) is 10.9. The molecule has 0 spiro atoms. The summed E-state index contributed by atoms with van der Waals surface area (Å²) in [5.74, 6) is 0.655. The Balaban J connectivity index is 1.55. The third-order valence-electron chi connectivity index (χ3n) is 5.06. The van der Waals surface area contributed by atoms with Crippen LogP contribution in [0.15, 0.2) is 72.0 Å². The zero-order valence-electron chi connectivity index (χ0n) is 19.1. The van der Waals surface area contributed by atoms with Gasteiger partial charge in [0.15, 0.2) is 5.96 Å². The van der Waals surface area contributed by atoms with Gasteiger partial charge in [0.2, 0.25) is 0 Å². The van der Waals surface area contributed by atoms with E-state index in [0.717, 1.165) is 28.8 Å². The number of aromatic nitrogens is 2. The normalized spacial score (nSPS) is 13.6. The molecule has 0 fully saturated rings. The van der Waals surface area contributed by atoms with E-state index in [4.69, 9.17) is 4.74 Å². The number of ether oxygens (including phenoxy) is 1. The second kappa shape index (κ2) is 11.5. The Morgan fingerprint density at radius 1 is 1.06 bits per heavy atom. The van der Waals surface area contributed by atoms with Crippen LogP contribution in [0, 0.1) is 0 Å². The first-order chi connectivity index (χ1) is 15.5. The van der Waals surface area contributed by atoms with Crippen LogP contribution in [0.4, 0.5) is 0 Å². The van der Waals surface area contributed by atoms with Crippen molar-refractivity contribution in [2.45, 2.75) is 39.2 Å². The van der Waals surface area contributed by atoms with Crippen LogP contribution in [0.3, 0.4) is 0 Å². The maximum Gasteiger partial charge on any atom is 0.191 e. The van der Waals surface area contributed by atoms with Crippen LogP contribution in [0.2, 0.25) is 0 Å². The van der Waals surface area contributed by atoms with E-state index in [1.54, 1.807) is 17.8 Å². The number of aryl methyl sites for hydroxylation is 1. The van der Waals surface area contributed by atoms with Crippen molar-refractivity contribution in [2.75, 3.05) is 13.1 Å². The Hall–Kier alpha value is -3.16. The quantitative estimate of drug-likeness (QED) is 0.337. The molecule has 0 bridgehead atoms. The second-order valence-electron chi connectivity index (χ2n) is 8.02. The van der Waals surface area contributed by atoms with Gasteiger partial charge in [0, 0.05) is 25.4 Å². The molecule has 1 heterocycles. The minimum Gasteiger partial charge on any atom is -0.383 e. The van der Waals surface area contributed by atoms with Crippen LogP contribution in [0.25, 0.3) is 0 Å². The predicted molar refractivity (Wildman–Crippen MR) is 127 cm³/mol. The standard InChI is InChI=1S/C25H33N5O2/c1-4-26-24(28-19-25(2,31)23-15-29-30(3)16-23)27-14-21-11-8-12-22(13-21)18-32-17-20-9-6-5-7-10-20/h5-13,15-16,31H,4,14,17-19H2,1-3H3,(H2,26,27,28). The molecule has 7 heteroatoms. The van der Waals surface area contributed by atoms with E-state index in [1.807, 2.05) is 44.4 Å². The summed E-state index contributed by atoms with van der Waals surface area (Å²) in [6.07, 6.45) is 3.49. The molecule has 3 aromatic rings. The molecule has 0 aliphatic rings. The lowest BCUT2D eigenvalue weighted by Gasteiger charge is -2.23. The van der Waals surface area contributed by atoms with Crippen LogP contribution >= 0.6 is 0 Å². The molecule has 3 N–H and O–H groups in total. The summed E-state index contributed by atoms with van der Waals surface area (Å²) in [7, 11) is 1.83. The van der Waals surface area contributed by atoms with Gasteiger partial charge in [0.1, 0.15) is 5.60 Å². The molecule has 1 aromatic heterocycles. The molecular weight excluding hydrogens is 402 g/mol. The van der Waals surface area contributed by atoms with Gasteiger partial charge in [-0.05, 0) is 30.5 Å². The first-order valence-electron chi connectivity index (χ1n) is 10.9. The fourth-order valence-corrected chi connectivity index (χ4v) is 3.25. The fraction of sp³-hybridized carbons (Fsp3) is 0.360. The molecule has 0 saturated carbocycles. The third-order valence-corrected chi connectivity index (χ3v) is 5.06. The summed E-state index contributed by atoms with van der Waals surface area (Å²) in [6, 6.07) is 18.4. The van der Waals surface area contributed by atoms with E-state index in [9.17, 15) is 5.11 Å². The maximum absolute atomic E-state index is 10.8. The van der Waals surface area contributed by atoms with Crippen LogP contribution < -0.4 is 10.6 Å². The van der Waals surface area contributed by atoms with Gasteiger partial charge in [0.25, 0.3) is 0 Å². The van der Waals surface area contributed by atoms with Crippen molar-refractivity contribution in [3.05, 3.63) is 89.2 Å². The van der Waals surface area contributed by atoms with Crippen LogP contribution in [0.1, 0.15) is 36.1 Å². The van der Waals surface area contributed by atoms with Crippen LogP contribution in [-0.2, 0) is 37.1 Å². The number of guanidine groups is 1. The summed E-state index contributed by atoms with van der Waals surface area (Å²) >= 11 is 0. The monoisotopic (exact) mass is 435 g/mol. The van der Waals surface area contributed by atoms with Gasteiger partial charge in [0.05, 0.1) is 32.5 Å². The van der Waals surface area contributed by atoms with Crippen molar-refractivity contribution in [1.29, 1.82) is 0 Å². The van der Waals surface area contributed by atoms with Crippen molar-refractivity contribution < 1.29 is 9.84 Å². The maximum atomic E-state index is 10.8. The highest BCUT2D eigenvalue weighted by Crippen LogP contribution is 2.18. The Kier molecular flexibility index (Phi) is 8.41. The third kappa shape index (κ3) is 7.21. The van der Waals surface area contributed by atoms with Gasteiger partial charge in [-0.3, -0.25) is 4.68 Å². The molecule has 32 heavy (non-hydrogen) atoms. The molecule has 0 saturated heterocycles. The second-order valence-corrected chi connectivity index (χ2v) is 8.02. The molecular formula is C25H33N5O2. The molecule has 170 valence electrons.